The van der Waals surface area contributed by atoms with Gasteiger partial charge in [-0.15, -0.1) is 5.10 Å². The number of carbonyl (C=O) groups is 1. The van der Waals surface area contributed by atoms with E-state index in [9.17, 15) is 4.79 Å². The Bertz CT molecular complexity index is 991. The molecule has 1 heterocycles. The third kappa shape index (κ3) is 3.81. The van der Waals surface area contributed by atoms with Crippen molar-refractivity contribution in [2.24, 2.45) is 0 Å². The molecule has 0 bridgehead atoms. The van der Waals surface area contributed by atoms with Crippen LogP contribution in [-0.4, -0.2) is 23.3 Å². The molecule has 6 heteroatoms. The fourth-order valence-corrected chi connectivity index (χ4v) is 2.85. The van der Waals surface area contributed by atoms with Crippen LogP contribution >= 0.6 is 0 Å². The monoisotopic (exact) mass is 378 g/mol. The number of rotatable bonds is 6. The number of carbonyl (C=O) groups excluding carboxylic acids is 1. The van der Waals surface area contributed by atoms with Gasteiger partial charge in [-0.3, -0.25) is 0 Å². The summed E-state index contributed by atoms with van der Waals surface area (Å²) in [5, 5.41) is 8.18. The minimum absolute atomic E-state index is 0.00627. The van der Waals surface area contributed by atoms with Gasteiger partial charge in [0, 0.05) is 5.56 Å². The van der Waals surface area contributed by atoms with Gasteiger partial charge in [-0.1, -0.05) is 59.7 Å². The van der Waals surface area contributed by atoms with E-state index in [-0.39, 0.29) is 6.08 Å². The summed E-state index contributed by atoms with van der Waals surface area (Å²) in [6.07, 6.45) is 1.68. The summed E-state index contributed by atoms with van der Waals surface area (Å²) in [5.41, 5.74) is 1.55. The number of hydrogen-bond acceptors (Lipinski definition) is 6. The lowest BCUT2D eigenvalue weighted by atomic mass is 9.85. The van der Waals surface area contributed by atoms with Crippen LogP contribution in [0.25, 0.3) is 5.57 Å². The first-order chi connectivity index (χ1) is 13.5. The van der Waals surface area contributed by atoms with Gasteiger partial charge in [-0.25, -0.2) is 4.79 Å². The van der Waals surface area contributed by atoms with E-state index in [1.807, 2.05) is 50.2 Å². The summed E-state index contributed by atoms with van der Waals surface area (Å²) in [5.74, 6) is 0.411. The van der Waals surface area contributed by atoms with Crippen molar-refractivity contribution in [3.8, 4) is 11.8 Å². The minimum Gasteiger partial charge on any atom is -0.465 e. The van der Waals surface area contributed by atoms with Crippen LogP contribution in [0, 0.1) is 0 Å². The Morgan fingerprint density at radius 1 is 1.04 bits per heavy atom. The third-order valence-corrected chi connectivity index (χ3v) is 4.51. The van der Waals surface area contributed by atoms with Crippen LogP contribution in [0.3, 0.4) is 0 Å². The van der Waals surface area contributed by atoms with Gasteiger partial charge < -0.3 is 13.9 Å². The predicted octanol–water partition coefficient (Wildman–Crippen LogP) is 4.76. The number of ether oxygens (including phenoxy) is 2. The van der Waals surface area contributed by atoms with E-state index in [4.69, 9.17) is 13.9 Å². The molecule has 28 heavy (non-hydrogen) atoms. The summed E-state index contributed by atoms with van der Waals surface area (Å²) in [4.78, 5) is 12.0. The fourth-order valence-electron chi connectivity index (χ4n) is 2.85. The molecule has 0 aliphatic rings. The summed E-state index contributed by atoms with van der Waals surface area (Å²) in [7, 11) is 1.34. The lowest BCUT2D eigenvalue weighted by molar-refractivity contribution is -0.133. The van der Waals surface area contributed by atoms with E-state index < -0.39 is 11.4 Å². The molecule has 0 spiro atoms. The molecule has 0 N–H and O–H groups in total. The Kier molecular flexibility index (Phi) is 5.59. The molecular formula is C22H22N2O4. The second-order valence-electron chi connectivity index (χ2n) is 6.66. The topological polar surface area (TPSA) is 74.5 Å². The molecule has 0 radical (unpaired) electrons. The van der Waals surface area contributed by atoms with Gasteiger partial charge in [0.2, 0.25) is 5.89 Å². The van der Waals surface area contributed by atoms with Crippen molar-refractivity contribution in [2.75, 3.05) is 7.11 Å². The summed E-state index contributed by atoms with van der Waals surface area (Å²) >= 11 is 0. The standard InChI is InChI=1S/C22H22N2O4/c1-5-16(19(25)26-4)17-13-9-10-14-18(17)27-21-24-23-20(28-21)22(2,3)15-11-7-6-8-12-15/h5-14H,1-4H3. The molecular weight excluding hydrogens is 356 g/mol. The van der Waals surface area contributed by atoms with E-state index >= 15 is 0 Å². The highest BCUT2D eigenvalue weighted by Crippen LogP contribution is 2.34. The smallest absolute Gasteiger partial charge is 0.420 e. The molecule has 0 atom stereocenters. The van der Waals surface area contributed by atoms with Crippen LogP contribution < -0.4 is 4.74 Å². The maximum Gasteiger partial charge on any atom is 0.420 e. The second kappa shape index (κ2) is 8.08. The summed E-state index contributed by atoms with van der Waals surface area (Å²) in [6.45, 7) is 5.77. The molecule has 0 fully saturated rings. The number of methoxy groups -OCH3 is 1. The Balaban J connectivity index is 1.90. The molecule has 3 aromatic rings. The van der Waals surface area contributed by atoms with E-state index in [0.29, 0.717) is 22.8 Å². The van der Waals surface area contributed by atoms with Crippen LogP contribution in [0.4, 0.5) is 0 Å². The zero-order chi connectivity index (χ0) is 20.1. The van der Waals surface area contributed by atoms with Gasteiger partial charge in [0.15, 0.2) is 0 Å². The van der Waals surface area contributed by atoms with E-state index in [2.05, 4.69) is 10.2 Å². The van der Waals surface area contributed by atoms with Gasteiger partial charge in [0.1, 0.15) is 5.75 Å². The zero-order valence-electron chi connectivity index (χ0n) is 16.3. The lowest BCUT2D eigenvalue weighted by Gasteiger charge is -2.20. The quantitative estimate of drug-likeness (QED) is 0.455. The van der Waals surface area contributed by atoms with Crippen LogP contribution in [0.1, 0.15) is 37.8 Å². The highest BCUT2D eigenvalue weighted by Gasteiger charge is 2.30. The van der Waals surface area contributed by atoms with Gasteiger partial charge in [-0.05, 0) is 32.4 Å². The summed E-state index contributed by atoms with van der Waals surface area (Å²) < 4.78 is 16.4. The van der Waals surface area contributed by atoms with Crippen molar-refractivity contribution < 1.29 is 18.7 Å². The van der Waals surface area contributed by atoms with Crippen LogP contribution in [-0.2, 0) is 14.9 Å². The number of para-hydroxylation sites is 1. The van der Waals surface area contributed by atoms with Gasteiger partial charge >= 0.3 is 12.0 Å². The Morgan fingerprint density at radius 3 is 2.39 bits per heavy atom. The Morgan fingerprint density at radius 2 is 1.71 bits per heavy atom. The normalized spacial score (nSPS) is 11.9. The van der Waals surface area contributed by atoms with Crippen molar-refractivity contribution in [2.45, 2.75) is 26.2 Å². The minimum atomic E-state index is -0.476. The average molecular weight is 378 g/mol. The maximum absolute atomic E-state index is 12.0. The number of nitrogens with zero attached hydrogens (tertiary/aromatic N) is 2. The van der Waals surface area contributed by atoms with E-state index in [0.717, 1.165) is 5.56 Å². The lowest BCUT2D eigenvalue weighted by Crippen LogP contribution is -2.19. The first-order valence-electron chi connectivity index (χ1n) is 8.88. The number of allylic oxidation sites excluding steroid dienone is 1. The van der Waals surface area contributed by atoms with Crippen molar-refractivity contribution in [1.82, 2.24) is 10.2 Å². The van der Waals surface area contributed by atoms with Gasteiger partial charge in [0.25, 0.3) is 0 Å². The molecule has 0 aliphatic heterocycles. The Hall–Kier alpha value is -3.41. The van der Waals surface area contributed by atoms with Gasteiger partial charge in [-0.2, -0.15) is 0 Å². The molecule has 3 rings (SSSR count). The zero-order valence-corrected chi connectivity index (χ0v) is 16.3. The number of benzene rings is 2. The van der Waals surface area contributed by atoms with Crippen molar-refractivity contribution >= 4 is 11.5 Å². The van der Waals surface area contributed by atoms with E-state index in [1.165, 1.54) is 7.11 Å². The highest BCUT2D eigenvalue weighted by atomic mass is 16.6. The molecule has 144 valence electrons. The predicted molar refractivity (Wildman–Crippen MR) is 105 cm³/mol. The average Bonchev–Trinajstić information content (AvgIpc) is 3.19. The van der Waals surface area contributed by atoms with Crippen molar-refractivity contribution in [3.05, 3.63) is 77.7 Å². The van der Waals surface area contributed by atoms with Crippen LogP contribution in [0.2, 0.25) is 0 Å². The third-order valence-electron chi connectivity index (χ3n) is 4.51. The summed E-state index contributed by atoms with van der Waals surface area (Å²) in [6, 6.07) is 17.0. The first-order valence-corrected chi connectivity index (χ1v) is 8.88. The number of esters is 1. The molecule has 0 saturated carbocycles. The fraction of sp³-hybridized carbons (Fsp3) is 0.227. The van der Waals surface area contributed by atoms with Gasteiger partial charge in [0.05, 0.1) is 18.1 Å². The molecule has 0 amide bonds. The second-order valence-corrected chi connectivity index (χ2v) is 6.66. The van der Waals surface area contributed by atoms with E-state index in [1.54, 1.807) is 31.2 Å². The molecule has 2 aromatic carbocycles. The highest BCUT2D eigenvalue weighted by molar-refractivity contribution is 6.17. The van der Waals surface area contributed by atoms with Crippen molar-refractivity contribution in [1.29, 1.82) is 0 Å². The van der Waals surface area contributed by atoms with Crippen LogP contribution in [0.5, 0.6) is 11.8 Å². The molecule has 0 aliphatic carbocycles. The number of aromatic nitrogens is 2. The SMILES string of the molecule is CC=C(C(=O)OC)c1ccccc1Oc1nnc(C(C)(C)c2ccccc2)o1. The van der Waals surface area contributed by atoms with Crippen molar-refractivity contribution in [3.63, 3.8) is 0 Å². The molecule has 1 aromatic heterocycles. The Labute approximate surface area is 163 Å². The molecule has 0 saturated heterocycles. The van der Waals surface area contributed by atoms with Crippen LogP contribution in [0.15, 0.2) is 65.1 Å². The maximum atomic E-state index is 12.0. The largest absolute Gasteiger partial charge is 0.465 e. The first kappa shape index (κ1) is 19.4. The molecule has 6 nitrogen and oxygen atoms in total. The molecule has 0 unspecified atom stereocenters. The number of hydrogen-bond donors (Lipinski definition) is 0.